The molecule has 2 heterocycles. The quantitative estimate of drug-likeness (QED) is 0.491. The molecule has 0 saturated heterocycles. The van der Waals surface area contributed by atoms with E-state index in [9.17, 15) is 0 Å². The molecule has 0 aliphatic heterocycles. The van der Waals surface area contributed by atoms with Gasteiger partial charge in [0.25, 0.3) is 0 Å². The van der Waals surface area contributed by atoms with Crippen LogP contribution in [0.4, 0.5) is 0 Å². The molecule has 0 aliphatic carbocycles. The number of hydrazone groups is 1. The molecule has 2 aromatic rings. The van der Waals surface area contributed by atoms with Gasteiger partial charge in [-0.1, -0.05) is 6.07 Å². The van der Waals surface area contributed by atoms with Gasteiger partial charge in [0.05, 0.1) is 17.6 Å². The summed E-state index contributed by atoms with van der Waals surface area (Å²) in [6, 6.07) is 5.84. The van der Waals surface area contributed by atoms with Crippen LogP contribution in [-0.4, -0.2) is 32.8 Å². The van der Waals surface area contributed by atoms with Crippen molar-refractivity contribution in [1.82, 2.24) is 14.4 Å². The third kappa shape index (κ3) is 2.26. The molecule has 2 aromatic heterocycles. The summed E-state index contributed by atoms with van der Waals surface area (Å²) in [6.07, 6.45) is 3.64. The Balaban J connectivity index is 2.42. The van der Waals surface area contributed by atoms with Crippen LogP contribution in [-0.2, 0) is 0 Å². The number of fused-ring (bicyclic) bond motifs is 1. The molecule has 0 atom stereocenters. The number of aryl methyl sites for hydroxylation is 1. The van der Waals surface area contributed by atoms with Crippen LogP contribution in [0.2, 0.25) is 0 Å². The highest BCUT2D eigenvalue weighted by molar-refractivity contribution is 7.80. The first-order chi connectivity index (χ1) is 8.09. The monoisotopic (exact) mass is 247 g/mol. The Morgan fingerprint density at radius 3 is 3.06 bits per heavy atom. The summed E-state index contributed by atoms with van der Waals surface area (Å²) in [5.74, 6) is 0. The molecule has 0 fully saturated rings. The Morgan fingerprint density at radius 1 is 1.59 bits per heavy atom. The maximum atomic E-state index is 5.45. The standard InChI is InChI=1S/C11H13N5S/c1-8-9(7-13-15(2)11(12)17)16-6-4-3-5-10(16)14-8/h3-7H,1-2H3,(H2,12,17). The fraction of sp³-hybridized carbons (Fsp3) is 0.182. The van der Waals surface area contributed by atoms with E-state index in [1.807, 2.05) is 35.7 Å². The summed E-state index contributed by atoms with van der Waals surface area (Å²) in [5, 5.41) is 5.83. The van der Waals surface area contributed by atoms with Crippen LogP contribution in [0, 0.1) is 6.92 Å². The molecule has 0 radical (unpaired) electrons. The van der Waals surface area contributed by atoms with Gasteiger partial charge in [-0.25, -0.2) is 9.99 Å². The number of aromatic nitrogens is 2. The number of nitrogens with two attached hydrogens (primary N) is 1. The summed E-state index contributed by atoms with van der Waals surface area (Å²) in [7, 11) is 1.71. The van der Waals surface area contributed by atoms with Gasteiger partial charge in [-0.05, 0) is 31.3 Å². The smallest absolute Gasteiger partial charge is 0.186 e. The molecule has 0 bridgehead atoms. The van der Waals surface area contributed by atoms with E-state index in [1.54, 1.807) is 13.3 Å². The Hall–Kier alpha value is -1.95. The highest BCUT2D eigenvalue weighted by Gasteiger charge is 2.05. The minimum atomic E-state index is 0.229. The van der Waals surface area contributed by atoms with Crippen LogP contribution in [0.1, 0.15) is 11.4 Å². The molecule has 0 unspecified atom stereocenters. The Kier molecular flexibility index (Phi) is 3.06. The highest BCUT2D eigenvalue weighted by Crippen LogP contribution is 2.09. The van der Waals surface area contributed by atoms with Gasteiger partial charge in [0.1, 0.15) is 5.65 Å². The second-order valence-electron chi connectivity index (χ2n) is 3.62. The third-order valence-corrected chi connectivity index (χ3v) is 2.69. The number of imidazole rings is 1. The zero-order chi connectivity index (χ0) is 12.4. The number of thiocarbonyl (C=S) groups is 1. The maximum Gasteiger partial charge on any atom is 0.186 e. The molecule has 0 saturated carbocycles. The van der Waals surface area contributed by atoms with Gasteiger partial charge in [0.15, 0.2) is 5.11 Å². The molecule has 2 N–H and O–H groups in total. The second kappa shape index (κ2) is 4.50. The second-order valence-corrected chi connectivity index (χ2v) is 4.04. The lowest BCUT2D eigenvalue weighted by atomic mass is 10.4. The summed E-state index contributed by atoms with van der Waals surface area (Å²) < 4.78 is 1.96. The van der Waals surface area contributed by atoms with Crippen LogP contribution in [0.5, 0.6) is 0 Å². The van der Waals surface area contributed by atoms with Crippen molar-refractivity contribution < 1.29 is 0 Å². The first-order valence-corrected chi connectivity index (χ1v) is 5.51. The Labute approximate surface area is 105 Å². The number of hydrogen-bond acceptors (Lipinski definition) is 3. The van der Waals surface area contributed by atoms with Crippen molar-refractivity contribution in [2.45, 2.75) is 6.92 Å². The van der Waals surface area contributed by atoms with Crippen molar-refractivity contribution in [1.29, 1.82) is 0 Å². The maximum absolute atomic E-state index is 5.45. The minimum absolute atomic E-state index is 0.229. The predicted molar refractivity (Wildman–Crippen MR) is 72.1 cm³/mol. The van der Waals surface area contributed by atoms with Crippen molar-refractivity contribution in [2.75, 3.05) is 7.05 Å². The van der Waals surface area contributed by atoms with Crippen molar-refractivity contribution in [3.63, 3.8) is 0 Å². The molecule has 88 valence electrons. The van der Waals surface area contributed by atoms with Crippen molar-refractivity contribution >= 4 is 29.2 Å². The van der Waals surface area contributed by atoms with E-state index in [0.717, 1.165) is 17.0 Å². The van der Waals surface area contributed by atoms with Crippen LogP contribution < -0.4 is 5.73 Å². The molecular formula is C11H13N5S. The van der Waals surface area contributed by atoms with Gasteiger partial charge in [-0.2, -0.15) is 5.10 Å². The highest BCUT2D eigenvalue weighted by atomic mass is 32.1. The Morgan fingerprint density at radius 2 is 2.35 bits per heavy atom. The van der Waals surface area contributed by atoms with Crippen molar-refractivity contribution in [2.24, 2.45) is 10.8 Å². The lowest BCUT2D eigenvalue weighted by molar-refractivity contribution is 0.552. The van der Waals surface area contributed by atoms with Gasteiger partial charge in [0, 0.05) is 13.2 Å². The normalized spacial score (nSPS) is 11.2. The number of pyridine rings is 1. The molecule has 0 aliphatic rings. The predicted octanol–water partition coefficient (Wildman–Crippen LogP) is 1.15. The van der Waals surface area contributed by atoms with Crippen LogP contribution >= 0.6 is 12.2 Å². The topological polar surface area (TPSA) is 58.9 Å². The van der Waals surface area contributed by atoms with E-state index >= 15 is 0 Å². The third-order valence-electron chi connectivity index (χ3n) is 2.42. The first-order valence-electron chi connectivity index (χ1n) is 5.10. The number of hydrogen-bond donors (Lipinski definition) is 1. The molecule has 17 heavy (non-hydrogen) atoms. The van der Waals surface area contributed by atoms with Gasteiger partial charge < -0.3 is 5.73 Å². The summed E-state index contributed by atoms with van der Waals surface area (Å²) in [5.41, 5.74) is 8.17. The van der Waals surface area contributed by atoms with E-state index in [1.165, 1.54) is 5.01 Å². The van der Waals surface area contributed by atoms with Crippen LogP contribution in [0.15, 0.2) is 29.5 Å². The SMILES string of the molecule is Cc1nc2ccccn2c1C=NN(C)C(N)=S. The van der Waals surface area contributed by atoms with Crippen LogP contribution in [0.25, 0.3) is 5.65 Å². The van der Waals surface area contributed by atoms with Gasteiger partial charge >= 0.3 is 0 Å². The molecule has 0 aromatic carbocycles. The first kappa shape index (κ1) is 11.5. The van der Waals surface area contributed by atoms with E-state index in [4.69, 9.17) is 18.0 Å². The van der Waals surface area contributed by atoms with E-state index in [-0.39, 0.29) is 5.11 Å². The summed E-state index contributed by atoms with van der Waals surface area (Å²) in [6.45, 7) is 1.94. The van der Waals surface area contributed by atoms with Crippen LogP contribution in [0.3, 0.4) is 0 Å². The van der Waals surface area contributed by atoms with Gasteiger partial charge in [-0.15, -0.1) is 0 Å². The minimum Gasteiger partial charge on any atom is -0.375 e. The zero-order valence-corrected chi connectivity index (χ0v) is 10.5. The number of rotatable bonds is 2. The zero-order valence-electron chi connectivity index (χ0n) is 9.66. The summed E-state index contributed by atoms with van der Waals surface area (Å²) >= 11 is 4.81. The average Bonchev–Trinajstić information content (AvgIpc) is 2.61. The lowest BCUT2D eigenvalue weighted by Crippen LogP contribution is -2.27. The Bertz CT molecular complexity index is 587. The van der Waals surface area contributed by atoms with Gasteiger partial charge in [0.2, 0.25) is 0 Å². The molecule has 5 nitrogen and oxygen atoms in total. The molecular weight excluding hydrogens is 234 g/mol. The van der Waals surface area contributed by atoms with Crippen molar-refractivity contribution in [3.05, 3.63) is 35.8 Å². The number of nitrogens with zero attached hydrogens (tertiary/aromatic N) is 4. The molecule has 0 amide bonds. The van der Waals surface area contributed by atoms with E-state index in [0.29, 0.717) is 0 Å². The van der Waals surface area contributed by atoms with E-state index in [2.05, 4.69) is 10.1 Å². The fourth-order valence-corrected chi connectivity index (χ4v) is 1.53. The summed E-state index contributed by atoms with van der Waals surface area (Å²) in [4.78, 5) is 4.43. The molecule has 2 rings (SSSR count). The van der Waals surface area contributed by atoms with E-state index < -0.39 is 0 Å². The largest absolute Gasteiger partial charge is 0.375 e. The molecule has 6 heteroatoms. The fourth-order valence-electron chi connectivity index (χ4n) is 1.49. The molecule has 0 spiro atoms. The van der Waals surface area contributed by atoms with Crippen molar-refractivity contribution in [3.8, 4) is 0 Å². The average molecular weight is 247 g/mol. The van der Waals surface area contributed by atoms with Gasteiger partial charge in [-0.3, -0.25) is 4.40 Å². The lowest BCUT2D eigenvalue weighted by Gasteiger charge is -2.08.